The molecule has 0 aliphatic carbocycles. The van der Waals surface area contributed by atoms with Crippen LogP contribution >= 0.6 is 0 Å². The SMILES string of the molecule is O=CN[C@H](C=O)Cc1c[nH]c2ccccc12. The molecule has 4 heteroatoms. The summed E-state index contributed by atoms with van der Waals surface area (Å²) < 4.78 is 0. The standard InChI is InChI=1S/C12H12N2O2/c15-7-10(14-8-16)5-9-6-13-12-4-2-1-3-11(9)12/h1-4,6-8,10,13H,5H2,(H,14,16)/t10-/m0/s1. The van der Waals surface area contributed by atoms with Crippen LogP contribution in [0.5, 0.6) is 0 Å². The molecule has 4 nitrogen and oxygen atoms in total. The van der Waals surface area contributed by atoms with Crippen LogP contribution in [0.15, 0.2) is 30.5 Å². The van der Waals surface area contributed by atoms with E-state index in [-0.39, 0.29) is 0 Å². The van der Waals surface area contributed by atoms with Crippen LogP contribution < -0.4 is 5.32 Å². The van der Waals surface area contributed by atoms with Crippen LogP contribution in [0.1, 0.15) is 5.56 Å². The van der Waals surface area contributed by atoms with E-state index < -0.39 is 6.04 Å². The normalized spacial score (nSPS) is 12.2. The van der Waals surface area contributed by atoms with Gasteiger partial charge in [-0.25, -0.2) is 0 Å². The summed E-state index contributed by atoms with van der Waals surface area (Å²) >= 11 is 0. The van der Waals surface area contributed by atoms with Crippen molar-refractivity contribution in [2.75, 3.05) is 0 Å². The number of para-hydroxylation sites is 1. The summed E-state index contributed by atoms with van der Waals surface area (Å²) in [7, 11) is 0. The van der Waals surface area contributed by atoms with Gasteiger partial charge in [-0.15, -0.1) is 0 Å². The summed E-state index contributed by atoms with van der Waals surface area (Å²) in [6.45, 7) is 0. The fraction of sp³-hybridized carbons (Fsp3) is 0.167. The predicted molar refractivity (Wildman–Crippen MR) is 61.1 cm³/mol. The van der Waals surface area contributed by atoms with Crippen molar-refractivity contribution < 1.29 is 9.59 Å². The van der Waals surface area contributed by atoms with Crippen molar-refractivity contribution in [3.63, 3.8) is 0 Å². The lowest BCUT2D eigenvalue weighted by Crippen LogP contribution is -2.31. The summed E-state index contributed by atoms with van der Waals surface area (Å²) in [6, 6.07) is 7.40. The lowest BCUT2D eigenvalue weighted by Gasteiger charge is -2.07. The molecule has 0 saturated heterocycles. The highest BCUT2D eigenvalue weighted by Gasteiger charge is 2.10. The predicted octanol–water partition coefficient (Wildman–Crippen LogP) is 1.02. The van der Waals surface area contributed by atoms with Gasteiger partial charge in [0.15, 0.2) is 0 Å². The van der Waals surface area contributed by atoms with Crippen molar-refractivity contribution in [2.45, 2.75) is 12.5 Å². The van der Waals surface area contributed by atoms with Gasteiger partial charge in [0.2, 0.25) is 6.41 Å². The molecule has 0 fully saturated rings. The number of aromatic amines is 1. The molecule has 82 valence electrons. The fourth-order valence-electron chi connectivity index (χ4n) is 1.77. The van der Waals surface area contributed by atoms with Crippen molar-refractivity contribution in [2.24, 2.45) is 0 Å². The van der Waals surface area contributed by atoms with Crippen LogP contribution in [-0.2, 0) is 16.0 Å². The highest BCUT2D eigenvalue weighted by Crippen LogP contribution is 2.18. The molecule has 0 aliphatic heterocycles. The van der Waals surface area contributed by atoms with Crippen LogP contribution in [-0.4, -0.2) is 23.7 Å². The van der Waals surface area contributed by atoms with E-state index in [9.17, 15) is 9.59 Å². The van der Waals surface area contributed by atoms with Crippen molar-refractivity contribution in [3.05, 3.63) is 36.0 Å². The van der Waals surface area contributed by atoms with Crippen molar-refractivity contribution in [3.8, 4) is 0 Å². The highest BCUT2D eigenvalue weighted by molar-refractivity contribution is 5.83. The summed E-state index contributed by atoms with van der Waals surface area (Å²) in [4.78, 5) is 24.1. The first-order chi connectivity index (χ1) is 7.85. The molecule has 1 atom stereocenters. The fourth-order valence-corrected chi connectivity index (χ4v) is 1.77. The van der Waals surface area contributed by atoms with E-state index in [1.165, 1.54) is 0 Å². The Morgan fingerprint density at radius 2 is 2.12 bits per heavy atom. The Kier molecular flexibility index (Phi) is 3.00. The number of aromatic nitrogens is 1. The van der Waals surface area contributed by atoms with Gasteiger partial charge in [0, 0.05) is 23.5 Å². The summed E-state index contributed by atoms with van der Waals surface area (Å²) in [5.74, 6) is 0. The minimum Gasteiger partial charge on any atom is -0.361 e. The van der Waals surface area contributed by atoms with E-state index in [1.807, 2.05) is 30.5 Å². The zero-order valence-electron chi connectivity index (χ0n) is 8.64. The first kappa shape index (κ1) is 10.4. The number of carbonyl (C=O) groups excluding carboxylic acids is 2. The van der Waals surface area contributed by atoms with Gasteiger partial charge in [0.1, 0.15) is 6.29 Å². The third-order valence-corrected chi connectivity index (χ3v) is 2.56. The van der Waals surface area contributed by atoms with E-state index in [1.54, 1.807) is 0 Å². The van der Waals surface area contributed by atoms with Gasteiger partial charge in [-0.2, -0.15) is 0 Å². The quantitative estimate of drug-likeness (QED) is 0.733. The summed E-state index contributed by atoms with van der Waals surface area (Å²) in [5.41, 5.74) is 2.07. The molecule has 2 N–H and O–H groups in total. The van der Waals surface area contributed by atoms with Gasteiger partial charge >= 0.3 is 0 Å². The van der Waals surface area contributed by atoms with Crippen LogP contribution in [0.25, 0.3) is 10.9 Å². The number of H-pyrrole nitrogens is 1. The van der Waals surface area contributed by atoms with Gasteiger partial charge in [-0.1, -0.05) is 18.2 Å². The molecule has 1 heterocycles. The molecular formula is C12H12N2O2. The smallest absolute Gasteiger partial charge is 0.207 e. The Hall–Kier alpha value is -2.10. The molecule has 0 saturated carbocycles. The molecule has 2 rings (SSSR count). The number of fused-ring (bicyclic) bond motifs is 1. The van der Waals surface area contributed by atoms with Gasteiger partial charge < -0.3 is 15.1 Å². The molecule has 16 heavy (non-hydrogen) atoms. The Bertz CT molecular complexity index is 504. The zero-order chi connectivity index (χ0) is 11.4. The molecule has 0 radical (unpaired) electrons. The Morgan fingerprint density at radius 3 is 2.88 bits per heavy atom. The molecule has 0 aliphatic rings. The first-order valence-corrected chi connectivity index (χ1v) is 5.05. The number of benzene rings is 1. The number of hydrogen-bond donors (Lipinski definition) is 2. The molecule has 0 unspecified atom stereocenters. The number of amides is 1. The van der Waals surface area contributed by atoms with Gasteiger partial charge in [-0.05, 0) is 11.6 Å². The lowest BCUT2D eigenvalue weighted by atomic mass is 10.1. The van der Waals surface area contributed by atoms with Gasteiger partial charge in [0.05, 0.1) is 6.04 Å². The summed E-state index contributed by atoms with van der Waals surface area (Å²) in [6.07, 6.45) is 3.67. The van der Waals surface area contributed by atoms with Crippen LogP contribution in [0, 0.1) is 0 Å². The van der Waals surface area contributed by atoms with E-state index in [2.05, 4.69) is 10.3 Å². The average molecular weight is 216 g/mol. The van der Waals surface area contributed by atoms with E-state index in [4.69, 9.17) is 0 Å². The number of rotatable bonds is 5. The minimum absolute atomic E-state index is 0.461. The number of hydrogen-bond acceptors (Lipinski definition) is 2. The Morgan fingerprint density at radius 1 is 1.31 bits per heavy atom. The minimum atomic E-state index is -0.461. The Labute approximate surface area is 92.7 Å². The second kappa shape index (κ2) is 4.61. The maximum atomic E-state index is 10.7. The van der Waals surface area contributed by atoms with Crippen LogP contribution in [0.3, 0.4) is 0 Å². The van der Waals surface area contributed by atoms with Crippen molar-refractivity contribution >= 4 is 23.6 Å². The lowest BCUT2D eigenvalue weighted by molar-refractivity contribution is -0.115. The maximum absolute atomic E-state index is 10.7. The topological polar surface area (TPSA) is 62.0 Å². The van der Waals surface area contributed by atoms with E-state index in [0.29, 0.717) is 12.8 Å². The Balaban J connectivity index is 2.26. The molecule has 2 aromatic rings. The molecule has 1 aromatic heterocycles. The van der Waals surface area contributed by atoms with Crippen LogP contribution in [0.2, 0.25) is 0 Å². The summed E-state index contributed by atoms with van der Waals surface area (Å²) in [5, 5.41) is 3.56. The monoisotopic (exact) mass is 216 g/mol. The second-order valence-corrected chi connectivity index (χ2v) is 3.59. The van der Waals surface area contributed by atoms with Crippen molar-refractivity contribution in [1.82, 2.24) is 10.3 Å². The van der Waals surface area contributed by atoms with Crippen molar-refractivity contribution in [1.29, 1.82) is 0 Å². The third kappa shape index (κ3) is 1.95. The third-order valence-electron chi connectivity index (χ3n) is 2.56. The zero-order valence-corrected chi connectivity index (χ0v) is 8.64. The number of nitrogens with one attached hydrogen (secondary N) is 2. The highest BCUT2D eigenvalue weighted by atomic mass is 16.1. The van der Waals surface area contributed by atoms with Gasteiger partial charge in [0.25, 0.3) is 0 Å². The maximum Gasteiger partial charge on any atom is 0.207 e. The van der Waals surface area contributed by atoms with E-state index in [0.717, 1.165) is 22.8 Å². The largest absolute Gasteiger partial charge is 0.361 e. The molecule has 1 aromatic carbocycles. The average Bonchev–Trinajstić information content (AvgIpc) is 2.72. The molecule has 0 spiro atoms. The van der Waals surface area contributed by atoms with Crippen LogP contribution in [0.4, 0.5) is 0 Å². The second-order valence-electron chi connectivity index (χ2n) is 3.59. The van der Waals surface area contributed by atoms with Gasteiger partial charge in [-0.3, -0.25) is 4.79 Å². The molecule has 1 amide bonds. The van der Waals surface area contributed by atoms with E-state index >= 15 is 0 Å². The number of aldehydes is 1. The first-order valence-electron chi connectivity index (χ1n) is 5.05. The molecule has 0 bridgehead atoms. The number of carbonyl (C=O) groups is 2. The molecular weight excluding hydrogens is 204 g/mol.